The number of aromatic nitrogens is 2. The van der Waals surface area contributed by atoms with E-state index < -0.39 is 10.0 Å². The van der Waals surface area contributed by atoms with Gasteiger partial charge in [0.1, 0.15) is 5.82 Å². The highest BCUT2D eigenvalue weighted by atomic mass is 32.2. The van der Waals surface area contributed by atoms with Crippen LogP contribution in [0.5, 0.6) is 0 Å². The number of sulfonamides is 1. The summed E-state index contributed by atoms with van der Waals surface area (Å²) in [6.07, 6.45) is 1.18. The zero-order valence-corrected chi connectivity index (χ0v) is 18.1. The molecule has 3 heterocycles. The van der Waals surface area contributed by atoms with Gasteiger partial charge in [-0.05, 0) is 50.2 Å². The van der Waals surface area contributed by atoms with E-state index in [0.29, 0.717) is 23.5 Å². The Balaban J connectivity index is 1.48. The van der Waals surface area contributed by atoms with Crippen LogP contribution in [-0.2, 0) is 23.1 Å². The van der Waals surface area contributed by atoms with Gasteiger partial charge in [-0.15, -0.1) is 11.3 Å². The first kappa shape index (κ1) is 20.7. The molecule has 1 aliphatic rings. The van der Waals surface area contributed by atoms with Crippen LogP contribution >= 0.6 is 11.3 Å². The van der Waals surface area contributed by atoms with Gasteiger partial charge in [-0.3, -0.25) is 9.62 Å². The molecule has 0 bridgehead atoms. The highest BCUT2D eigenvalue weighted by molar-refractivity contribution is 7.92. The van der Waals surface area contributed by atoms with Crippen molar-refractivity contribution in [2.45, 2.75) is 31.5 Å². The fourth-order valence-electron chi connectivity index (χ4n) is 3.24. The first-order valence-electron chi connectivity index (χ1n) is 9.53. The van der Waals surface area contributed by atoms with Crippen molar-refractivity contribution in [3.63, 3.8) is 0 Å². The van der Waals surface area contributed by atoms with Crippen molar-refractivity contribution in [1.29, 1.82) is 0 Å². The van der Waals surface area contributed by atoms with Crippen LogP contribution < -0.4 is 10.0 Å². The first-order valence-corrected chi connectivity index (χ1v) is 12.0. The number of pyridine rings is 1. The van der Waals surface area contributed by atoms with Crippen LogP contribution in [-0.4, -0.2) is 36.4 Å². The van der Waals surface area contributed by atoms with Gasteiger partial charge in [0.2, 0.25) is 0 Å². The summed E-state index contributed by atoms with van der Waals surface area (Å²) < 4.78 is 41.8. The summed E-state index contributed by atoms with van der Waals surface area (Å²) in [5, 5.41) is 4.71. The summed E-state index contributed by atoms with van der Waals surface area (Å²) in [5.41, 5.74) is 4.28. The Labute approximate surface area is 179 Å². The number of anilines is 2. The topological polar surface area (TPSA) is 87.2 Å². The van der Waals surface area contributed by atoms with Gasteiger partial charge >= 0.3 is 0 Å². The number of benzene rings is 1. The molecule has 158 valence electrons. The number of thiazole rings is 1. The molecule has 1 aromatic carbocycles. The molecule has 7 nitrogen and oxygen atoms in total. The fraction of sp³-hybridized carbons (Fsp3) is 0.300. The molecule has 0 spiro atoms. The molecule has 0 saturated carbocycles. The Hall–Kier alpha value is -2.56. The highest BCUT2D eigenvalue weighted by Crippen LogP contribution is 2.22. The second kappa shape index (κ2) is 8.66. The molecular weight excluding hydrogens is 425 g/mol. The predicted molar refractivity (Wildman–Crippen MR) is 116 cm³/mol. The summed E-state index contributed by atoms with van der Waals surface area (Å²) in [6, 6.07) is 8.21. The van der Waals surface area contributed by atoms with Crippen LogP contribution in [0.15, 0.2) is 46.2 Å². The third-order valence-corrected chi connectivity index (χ3v) is 6.86. The maximum atomic E-state index is 14.5. The molecular formula is C20H22FN5O2S2. The van der Waals surface area contributed by atoms with Gasteiger partial charge in [0, 0.05) is 24.0 Å². The predicted octanol–water partition coefficient (Wildman–Crippen LogP) is 3.60. The van der Waals surface area contributed by atoms with Gasteiger partial charge in [-0.2, -0.15) is 8.42 Å². The second-order valence-electron chi connectivity index (χ2n) is 7.12. The molecule has 3 aromatic rings. The van der Waals surface area contributed by atoms with Crippen LogP contribution in [0.2, 0.25) is 0 Å². The number of nitrogens with one attached hydrogen (secondary N) is 2. The van der Waals surface area contributed by atoms with Crippen LogP contribution in [0.1, 0.15) is 23.2 Å². The van der Waals surface area contributed by atoms with Gasteiger partial charge in [0.25, 0.3) is 10.0 Å². The van der Waals surface area contributed by atoms with Gasteiger partial charge in [0.15, 0.2) is 10.8 Å². The Morgan fingerprint density at radius 1 is 1.23 bits per heavy atom. The Kier molecular flexibility index (Phi) is 5.98. The minimum atomic E-state index is -3.82. The average molecular weight is 448 g/mol. The maximum Gasteiger partial charge on any atom is 0.280 e. The molecule has 10 heteroatoms. The fourth-order valence-corrected chi connectivity index (χ4v) is 4.80. The lowest BCUT2D eigenvalue weighted by atomic mass is 10.0. The number of halogens is 1. The van der Waals surface area contributed by atoms with E-state index in [1.807, 2.05) is 6.07 Å². The number of rotatable bonds is 8. The molecule has 0 unspecified atom stereocenters. The molecule has 2 N–H and O–H groups in total. The monoisotopic (exact) mass is 447 g/mol. The van der Waals surface area contributed by atoms with Crippen LogP contribution in [0.25, 0.3) is 0 Å². The SMILES string of the molecule is Cc1nc(S(=O)(=O)Nc2cscn2)ccc1NCc1c(F)cccc1CN1CCC1. The average Bonchev–Trinajstić information content (AvgIpc) is 3.17. The van der Waals surface area contributed by atoms with Crippen molar-refractivity contribution in [1.82, 2.24) is 14.9 Å². The van der Waals surface area contributed by atoms with E-state index in [-0.39, 0.29) is 16.7 Å². The number of aryl methyl sites for hydroxylation is 1. The summed E-state index contributed by atoms with van der Waals surface area (Å²) in [4.78, 5) is 10.4. The summed E-state index contributed by atoms with van der Waals surface area (Å²) in [7, 11) is -3.82. The number of hydrogen-bond donors (Lipinski definition) is 2. The maximum absolute atomic E-state index is 14.5. The molecule has 1 saturated heterocycles. The van der Waals surface area contributed by atoms with Crippen LogP contribution in [0.4, 0.5) is 15.9 Å². The lowest BCUT2D eigenvalue weighted by Crippen LogP contribution is -2.36. The smallest absolute Gasteiger partial charge is 0.280 e. The van der Waals surface area contributed by atoms with E-state index >= 15 is 0 Å². The normalized spacial score (nSPS) is 14.3. The zero-order chi connectivity index (χ0) is 21.1. The summed E-state index contributed by atoms with van der Waals surface area (Å²) in [5.74, 6) is 0.00809. The second-order valence-corrected chi connectivity index (χ2v) is 9.47. The largest absolute Gasteiger partial charge is 0.379 e. The molecule has 1 fully saturated rings. The minimum Gasteiger partial charge on any atom is -0.379 e. The van der Waals surface area contributed by atoms with Crippen molar-refractivity contribution in [3.8, 4) is 0 Å². The minimum absolute atomic E-state index is 0.0945. The highest BCUT2D eigenvalue weighted by Gasteiger charge is 2.19. The lowest BCUT2D eigenvalue weighted by Gasteiger charge is -2.31. The third kappa shape index (κ3) is 4.61. The van der Waals surface area contributed by atoms with Crippen molar-refractivity contribution >= 4 is 32.9 Å². The van der Waals surface area contributed by atoms with E-state index in [9.17, 15) is 12.8 Å². The number of likely N-dealkylation sites (tertiary alicyclic amines) is 1. The van der Waals surface area contributed by atoms with E-state index in [2.05, 4.69) is 24.9 Å². The first-order chi connectivity index (χ1) is 14.4. The van der Waals surface area contributed by atoms with E-state index in [1.165, 1.54) is 29.9 Å². The van der Waals surface area contributed by atoms with Gasteiger partial charge < -0.3 is 5.32 Å². The summed E-state index contributed by atoms with van der Waals surface area (Å²) in [6.45, 7) is 4.81. The van der Waals surface area contributed by atoms with Crippen molar-refractivity contribution in [2.75, 3.05) is 23.1 Å². The van der Waals surface area contributed by atoms with Crippen molar-refractivity contribution in [3.05, 3.63) is 63.9 Å². The lowest BCUT2D eigenvalue weighted by molar-refractivity contribution is 0.172. The number of nitrogens with zero attached hydrogens (tertiary/aromatic N) is 3. The number of hydrogen-bond acceptors (Lipinski definition) is 7. The molecule has 0 amide bonds. The van der Waals surface area contributed by atoms with E-state index in [4.69, 9.17) is 0 Å². The van der Waals surface area contributed by atoms with Gasteiger partial charge in [0.05, 0.1) is 16.9 Å². The molecule has 30 heavy (non-hydrogen) atoms. The van der Waals surface area contributed by atoms with Crippen molar-refractivity contribution < 1.29 is 12.8 Å². The standard InChI is InChI=1S/C20H22FN5O2S2/c1-14-18(6-7-20(24-14)30(27,28)25-19-12-29-13-23-19)22-10-16-15(4-2-5-17(16)21)11-26-8-3-9-26/h2,4-7,12-13,22,25H,3,8-11H2,1H3. The molecule has 0 radical (unpaired) electrons. The molecule has 0 atom stereocenters. The van der Waals surface area contributed by atoms with E-state index in [0.717, 1.165) is 25.2 Å². The Morgan fingerprint density at radius 2 is 2.07 bits per heavy atom. The molecule has 0 aliphatic carbocycles. The molecule has 4 rings (SSSR count). The van der Waals surface area contributed by atoms with Crippen molar-refractivity contribution in [2.24, 2.45) is 0 Å². The van der Waals surface area contributed by atoms with Gasteiger partial charge in [-0.1, -0.05) is 12.1 Å². The quantitative estimate of drug-likeness (QED) is 0.549. The van der Waals surface area contributed by atoms with Crippen LogP contribution in [0, 0.1) is 12.7 Å². The molecule has 2 aromatic heterocycles. The van der Waals surface area contributed by atoms with Gasteiger partial charge in [-0.25, -0.2) is 14.4 Å². The summed E-state index contributed by atoms with van der Waals surface area (Å²) >= 11 is 1.29. The van der Waals surface area contributed by atoms with E-state index in [1.54, 1.807) is 29.9 Å². The zero-order valence-electron chi connectivity index (χ0n) is 16.4. The Morgan fingerprint density at radius 3 is 2.73 bits per heavy atom. The Bertz CT molecular complexity index is 1130. The molecule has 1 aliphatic heterocycles. The third-order valence-electron chi connectivity index (χ3n) is 5.02. The van der Waals surface area contributed by atoms with Crippen LogP contribution in [0.3, 0.4) is 0 Å².